The zero-order valence-electron chi connectivity index (χ0n) is 17.8. The van der Waals surface area contributed by atoms with Crippen molar-refractivity contribution in [2.45, 2.75) is 6.54 Å². The SMILES string of the molecule is COC(=O)COc1c(Cl)cc(C=C2NC(=O)N(Cc3ccc(C(=O)OC)o3)C2=O)cc1OC. The predicted octanol–water partition coefficient (Wildman–Crippen LogP) is 2.37. The van der Waals surface area contributed by atoms with Gasteiger partial charge >= 0.3 is 18.0 Å². The van der Waals surface area contributed by atoms with Crippen LogP contribution < -0.4 is 14.8 Å². The lowest BCUT2D eigenvalue weighted by molar-refractivity contribution is -0.142. The van der Waals surface area contributed by atoms with E-state index >= 15 is 0 Å². The van der Waals surface area contributed by atoms with Crippen LogP contribution in [0.25, 0.3) is 6.08 Å². The highest BCUT2D eigenvalue weighted by Crippen LogP contribution is 2.37. The number of carbonyl (C=O) groups is 4. The van der Waals surface area contributed by atoms with Crippen LogP contribution in [0.4, 0.5) is 4.79 Å². The number of furan rings is 1. The van der Waals surface area contributed by atoms with Crippen LogP contribution in [-0.2, 0) is 25.6 Å². The molecule has 174 valence electrons. The van der Waals surface area contributed by atoms with Crippen LogP contribution in [0.5, 0.6) is 11.5 Å². The Kier molecular flexibility index (Phi) is 7.23. The van der Waals surface area contributed by atoms with Crippen molar-refractivity contribution in [1.82, 2.24) is 10.2 Å². The summed E-state index contributed by atoms with van der Waals surface area (Å²) in [6.07, 6.45) is 1.40. The van der Waals surface area contributed by atoms with Crippen LogP contribution in [0, 0.1) is 0 Å². The summed E-state index contributed by atoms with van der Waals surface area (Å²) in [6, 6.07) is 5.17. The number of nitrogens with zero attached hydrogens (tertiary/aromatic N) is 1. The van der Waals surface area contributed by atoms with Crippen molar-refractivity contribution in [3.8, 4) is 11.5 Å². The molecule has 1 aliphatic heterocycles. The molecular weight excluding hydrogens is 460 g/mol. The molecule has 1 N–H and O–H groups in total. The molecule has 12 heteroatoms. The molecular formula is C21H19ClN2O9. The van der Waals surface area contributed by atoms with Crippen LogP contribution in [0.3, 0.4) is 0 Å². The van der Waals surface area contributed by atoms with Gasteiger partial charge in [-0.3, -0.25) is 9.69 Å². The molecule has 1 saturated heterocycles. The first-order valence-corrected chi connectivity index (χ1v) is 9.73. The van der Waals surface area contributed by atoms with Gasteiger partial charge in [-0.1, -0.05) is 11.6 Å². The minimum atomic E-state index is -0.677. The quantitative estimate of drug-likeness (QED) is 0.344. The number of urea groups is 1. The number of rotatable bonds is 8. The van der Waals surface area contributed by atoms with Gasteiger partial charge in [0.15, 0.2) is 18.1 Å². The van der Waals surface area contributed by atoms with Crippen LogP contribution in [0.15, 0.2) is 34.4 Å². The molecule has 0 aliphatic carbocycles. The molecule has 1 fully saturated rings. The number of amides is 3. The molecule has 0 unspecified atom stereocenters. The normalized spacial score (nSPS) is 14.3. The van der Waals surface area contributed by atoms with E-state index in [1.54, 1.807) is 0 Å². The lowest BCUT2D eigenvalue weighted by Crippen LogP contribution is -2.30. The number of hydrogen-bond acceptors (Lipinski definition) is 9. The Balaban J connectivity index is 1.79. The van der Waals surface area contributed by atoms with E-state index in [2.05, 4.69) is 14.8 Å². The first-order valence-electron chi connectivity index (χ1n) is 9.36. The van der Waals surface area contributed by atoms with Gasteiger partial charge in [-0.15, -0.1) is 0 Å². The lowest BCUT2D eigenvalue weighted by atomic mass is 10.1. The fourth-order valence-corrected chi connectivity index (χ4v) is 3.14. The van der Waals surface area contributed by atoms with Crippen molar-refractivity contribution in [3.63, 3.8) is 0 Å². The first kappa shape index (κ1) is 23.7. The molecule has 0 bridgehead atoms. The van der Waals surface area contributed by atoms with Gasteiger partial charge in [-0.05, 0) is 35.9 Å². The Morgan fingerprint density at radius 2 is 1.91 bits per heavy atom. The van der Waals surface area contributed by atoms with Crippen LogP contribution in [0.2, 0.25) is 5.02 Å². The Morgan fingerprint density at radius 1 is 1.15 bits per heavy atom. The second-order valence-electron chi connectivity index (χ2n) is 6.54. The van der Waals surface area contributed by atoms with Crippen molar-refractivity contribution < 1.29 is 42.5 Å². The summed E-state index contributed by atoms with van der Waals surface area (Å²) in [6.45, 7) is -0.565. The molecule has 1 aromatic carbocycles. The van der Waals surface area contributed by atoms with E-state index in [1.165, 1.54) is 51.7 Å². The molecule has 33 heavy (non-hydrogen) atoms. The van der Waals surface area contributed by atoms with Gasteiger partial charge in [0, 0.05) is 0 Å². The molecule has 3 rings (SSSR count). The van der Waals surface area contributed by atoms with Gasteiger partial charge in [0.2, 0.25) is 5.76 Å². The standard InChI is InChI=1S/C21H19ClN2O9/c1-29-16-8-11(6-13(22)18(16)32-10-17(25)30-2)7-14-19(26)24(21(28)23-14)9-12-4-5-15(33-12)20(27)31-3/h4-8H,9-10H2,1-3H3,(H,23,28). The maximum Gasteiger partial charge on any atom is 0.373 e. The van der Waals surface area contributed by atoms with Gasteiger partial charge in [-0.2, -0.15) is 0 Å². The van der Waals surface area contributed by atoms with E-state index in [0.29, 0.717) is 5.56 Å². The zero-order chi connectivity index (χ0) is 24.1. The Morgan fingerprint density at radius 3 is 2.58 bits per heavy atom. The number of halogens is 1. The van der Waals surface area contributed by atoms with Gasteiger partial charge < -0.3 is 28.7 Å². The Hall–Kier alpha value is -3.99. The highest BCUT2D eigenvalue weighted by Gasteiger charge is 2.34. The topological polar surface area (TPSA) is 134 Å². The van der Waals surface area contributed by atoms with Crippen LogP contribution in [-0.4, -0.2) is 56.7 Å². The average molecular weight is 479 g/mol. The average Bonchev–Trinajstić information content (AvgIpc) is 3.37. The van der Waals surface area contributed by atoms with Crippen LogP contribution in [0.1, 0.15) is 21.9 Å². The van der Waals surface area contributed by atoms with E-state index in [4.69, 9.17) is 25.5 Å². The van der Waals surface area contributed by atoms with Crippen molar-refractivity contribution >= 4 is 41.6 Å². The number of imide groups is 1. The summed E-state index contributed by atoms with van der Waals surface area (Å²) >= 11 is 6.25. The number of nitrogens with one attached hydrogen (secondary N) is 1. The smallest absolute Gasteiger partial charge is 0.373 e. The number of methoxy groups -OCH3 is 3. The van der Waals surface area contributed by atoms with Gasteiger partial charge in [0.05, 0.1) is 32.9 Å². The van der Waals surface area contributed by atoms with Crippen molar-refractivity contribution in [3.05, 3.63) is 52.1 Å². The second kappa shape index (κ2) is 10.1. The minimum absolute atomic E-state index is 0.0129. The molecule has 2 heterocycles. The molecule has 0 saturated carbocycles. The number of benzene rings is 1. The molecule has 2 aromatic rings. The molecule has 3 amide bonds. The third-order valence-corrected chi connectivity index (χ3v) is 4.73. The summed E-state index contributed by atoms with van der Waals surface area (Å²) in [4.78, 5) is 48.8. The molecule has 0 atom stereocenters. The summed E-state index contributed by atoms with van der Waals surface area (Å²) in [5.74, 6) is -1.40. The summed E-state index contributed by atoms with van der Waals surface area (Å²) in [5.41, 5.74) is 0.417. The highest BCUT2D eigenvalue weighted by atomic mass is 35.5. The van der Waals surface area contributed by atoms with Crippen molar-refractivity contribution in [2.75, 3.05) is 27.9 Å². The molecule has 1 aromatic heterocycles. The summed E-state index contributed by atoms with van der Waals surface area (Å²) in [5, 5.41) is 2.59. The number of hydrogen-bond donors (Lipinski definition) is 1. The third kappa shape index (κ3) is 5.26. The highest BCUT2D eigenvalue weighted by molar-refractivity contribution is 6.32. The second-order valence-corrected chi connectivity index (χ2v) is 6.94. The number of carbonyl (C=O) groups excluding carboxylic acids is 4. The van der Waals surface area contributed by atoms with E-state index < -0.39 is 23.9 Å². The molecule has 11 nitrogen and oxygen atoms in total. The largest absolute Gasteiger partial charge is 0.493 e. The van der Waals surface area contributed by atoms with E-state index in [9.17, 15) is 19.2 Å². The van der Waals surface area contributed by atoms with E-state index in [0.717, 1.165) is 4.90 Å². The minimum Gasteiger partial charge on any atom is -0.493 e. The molecule has 0 spiro atoms. The number of esters is 2. The molecule has 1 aliphatic rings. The maximum atomic E-state index is 12.7. The number of ether oxygens (including phenoxy) is 4. The monoisotopic (exact) mass is 478 g/mol. The van der Waals surface area contributed by atoms with Gasteiger partial charge in [0.25, 0.3) is 5.91 Å². The zero-order valence-corrected chi connectivity index (χ0v) is 18.6. The maximum absolute atomic E-state index is 12.7. The lowest BCUT2D eigenvalue weighted by Gasteiger charge is -2.12. The fourth-order valence-electron chi connectivity index (χ4n) is 2.86. The fraction of sp³-hybridized carbons (Fsp3) is 0.238. The van der Waals surface area contributed by atoms with Gasteiger partial charge in [-0.25, -0.2) is 14.4 Å². The summed E-state index contributed by atoms with van der Waals surface area (Å²) in [7, 11) is 3.81. The predicted molar refractivity (Wildman–Crippen MR) is 113 cm³/mol. The Labute approximate surface area is 192 Å². The van der Waals surface area contributed by atoms with Gasteiger partial charge in [0.1, 0.15) is 11.5 Å². The Bertz CT molecular complexity index is 1140. The van der Waals surface area contributed by atoms with E-state index in [-0.39, 0.29) is 46.9 Å². The first-order chi connectivity index (χ1) is 15.8. The van der Waals surface area contributed by atoms with Crippen LogP contribution >= 0.6 is 11.6 Å². The summed E-state index contributed by atoms with van der Waals surface area (Å²) < 4.78 is 25.0. The third-order valence-electron chi connectivity index (χ3n) is 4.45. The molecule has 0 radical (unpaired) electrons. The van der Waals surface area contributed by atoms with Crippen molar-refractivity contribution in [1.29, 1.82) is 0 Å². The van der Waals surface area contributed by atoms with Crippen molar-refractivity contribution in [2.24, 2.45) is 0 Å². The van der Waals surface area contributed by atoms with E-state index in [1.807, 2.05) is 0 Å².